The Balaban J connectivity index is 1.45. The number of carbonyl (C=O) groups is 1. The third-order valence-electron chi connectivity index (χ3n) is 4.52. The molecule has 1 saturated heterocycles. The number of carbonyl (C=O) groups excluding carboxylic acids is 1. The molecule has 0 aliphatic carbocycles. The number of amides is 1. The SMILES string of the molecule is Cc1nn(CCC(=O)N2CCN(Cc3ccccc3F)CC2)cc1Cl. The van der Waals surface area contributed by atoms with Crippen LogP contribution in [0, 0.1) is 12.7 Å². The quantitative estimate of drug-likeness (QED) is 0.819. The number of hydrogen-bond acceptors (Lipinski definition) is 3. The fourth-order valence-corrected chi connectivity index (χ4v) is 3.15. The molecular weight excluding hydrogens is 343 g/mol. The van der Waals surface area contributed by atoms with Crippen molar-refractivity contribution in [3.8, 4) is 0 Å². The van der Waals surface area contributed by atoms with Gasteiger partial charge in [0.25, 0.3) is 0 Å². The van der Waals surface area contributed by atoms with Crippen LogP contribution in [0.5, 0.6) is 0 Å². The highest BCUT2D eigenvalue weighted by molar-refractivity contribution is 6.31. The molecule has 134 valence electrons. The minimum atomic E-state index is -0.172. The van der Waals surface area contributed by atoms with E-state index in [-0.39, 0.29) is 11.7 Å². The minimum absolute atomic E-state index is 0.120. The van der Waals surface area contributed by atoms with E-state index in [1.165, 1.54) is 6.07 Å². The normalized spacial score (nSPS) is 15.6. The first-order valence-electron chi connectivity index (χ1n) is 8.46. The highest BCUT2D eigenvalue weighted by Gasteiger charge is 2.21. The molecule has 5 nitrogen and oxygen atoms in total. The second-order valence-corrected chi connectivity index (χ2v) is 6.73. The predicted octanol–water partition coefficient (Wildman–Crippen LogP) is 2.72. The van der Waals surface area contributed by atoms with Crippen molar-refractivity contribution < 1.29 is 9.18 Å². The molecular formula is C18H22ClFN4O. The predicted molar refractivity (Wildman–Crippen MR) is 94.8 cm³/mol. The Hall–Kier alpha value is -1.92. The molecule has 0 saturated carbocycles. The second-order valence-electron chi connectivity index (χ2n) is 6.32. The fraction of sp³-hybridized carbons (Fsp3) is 0.444. The van der Waals surface area contributed by atoms with E-state index in [0.29, 0.717) is 43.2 Å². The van der Waals surface area contributed by atoms with Gasteiger partial charge in [0.05, 0.1) is 10.7 Å². The maximum Gasteiger partial charge on any atom is 0.224 e. The monoisotopic (exact) mass is 364 g/mol. The average Bonchev–Trinajstić information content (AvgIpc) is 2.93. The number of rotatable bonds is 5. The molecule has 0 spiro atoms. The van der Waals surface area contributed by atoms with Gasteiger partial charge in [-0.1, -0.05) is 29.8 Å². The first kappa shape index (κ1) is 17.9. The van der Waals surface area contributed by atoms with Crippen molar-refractivity contribution in [1.29, 1.82) is 0 Å². The lowest BCUT2D eigenvalue weighted by atomic mass is 10.2. The Labute approximate surface area is 152 Å². The van der Waals surface area contributed by atoms with Gasteiger partial charge in [-0.15, -0.1) is 0 Å². The largest absolute Gasteiger partial charge is 0.340 e. The van der Waals surface area contributed by atoms with Gasteiger partial charge in [-0.2, -0.15) is 5.10 Å². The van der Waals surface area contributed by atoms with Crippen molar-refractivity contribution in [2.24, 2.45) is 0 Å². The summed E-state index contributed by atoms with van der Waals surface area (Å²) in [6.07, 6.45) is 2.15. The lowest BCUT2D eigenvalue weighted by Crippen LogP contribution is -2.48. The van der Waals surface area contributed by atoms with Gasteiger partial charge in [0.1, 0.15) is 5.82 Å². The molecule has 2 aromatic rings. The zero-order chi connectivity index (χ0) is 17.8. The highest BCUT2D eigenvalue weighted by Crippen LogP contribution is 2.14. The van der Waals surface area contributed by atoms with Crippen LogP contribution in [-0.4, -0.2) is 51.7 Å². The molecule has 0 bridgehead atoms. The average molecular weight is 365 g/mol. The summed E-state index contributed by atoms with van der Waals surface area (Å²) in [5, 5.41) is 4.88. The summed E-state index contributed by atoms with van der Waals surface area (Å²) >= 11 is 5.98. The number of hydrogen-bond donors (Lipinski definition) is 0. The van der Waals surface area contributed by atoms with Gasteiger partial charge in [-0.3, -0.25) is 14.4 Å². The van der Waals surface area contributed by atoms with E-state index in [0.717, 1.165) is 18.8 Å². The lowest BCUT2D eigenvalue weighted by Gasteiger charge is -2.34. The number of aryl methyl sites for hydroxylation is 2. The minimum Gasteiger partial charge on any atom is -0.340 e. The Morgan fingerprint density at radius 2 is 1.96 bits per heavy atom. The summed E-state index contributed by atoms with van der Waals surface area (Å²) < 4.78 is 15.4. The van der Waals surface area contributed by atoms with Crippen LogP contribution >= 0.6 is 11.6 Å². The van der Waals surface area contributed by atoms with E-state index in [2.05, 4.69) is 10.00 Å². The first-order valence-corrected chi connectivity index (χ1v) is 8.84. The Kier molecular flexibility index (Phi) is 5.71. The van der Waals surface area contributed by atoms with Crippen molar-refractivity contribution in [3.05, 3.63) is 52.6 Å². The zero-order valence-corrected chi connectivity index (χ0v) is 15.0. The van der Waals surface area contributed by atoms with E-state index >= 15 is 0 Å². The van der Waals surface area contributed by atoms with Crippen LogP contribution in [0.25, 0.3) is 0 Å². The second kappa shape index (κ2) is 7.97. The Morgan fingerprint density at radius 1 is 1.24 bits per heavy atom. The molecule has 0 atom stereocenters. The molecule has 1 aromatic heterocycles. The fourth-order valence-electron chi connectivity index (χ4n) is 3.00. The molecule has 7 heteroatoms. The van der Waals surface area contributed by atoms with Crippen molar-refractivity contribution in [2.75, 3.05) is 26.2 Å². The first-order chi connectivity index (χ1) is 12.0. The van der Waals surface area contributed by atoms with E-state index < -0.39 is 0 Å². The molecule has 1 aliphatic rings. The van der Waals surface area contributed by atoms with Gasteiger partial charge >= 0.3 is 0 Å². The van der Waals surface area contributed by atoms with E-state index in [1.54, 1.807) is 16.9 Å². The van der Waals surface area contributed by atoms with Crippen LogP contribution in [0.2, 0.25) is 5.02 Å². The van der Waals surface area contributed by atoms with Crippen molar-refractivity contribution >= 4 is 17.5 Å². The lowest BCUT2D eigenvalue weighted by molar-refractivity contribution is -0.133. The zero-order valence-electron chi connectivity index (χ0n) is 14.3. The molecule has 1 aromatic carbocycles. The highest BCUT2D eigenvalue weighted by atomic mass is 35.5. The Morgan fingerprint density at radius 3 is 2.60 bits per heavy atom. The van der Waals surface area contributed by atoms with E-state index in [4.69, 9.17) is 11.6 Å². The van der Waals surface area contributed by atoms with Crippen LogP contribution in [0.15, 0.2) is 30.5 Å². The van der Waals surface area contributed by atoms with Crippen LogP contribution in [0.4, 0.5) is 4.39 Å². The third kappa shape index (κ3) is 4.58. The molecule has 1 aliphatic heterocycles. The summed E-state index contributed by atoms with van der Waals surface area (Å²) in [6.45, 7) is 5.81. The summed E-state index contributed by atoms with van der Waals surface area (Å²) in [6, 6.07) is 6.84. The van der Waals surface area contributed by atoms with Gasteiger partial charge in [0.15, 0.2) is 0 Å². The maximum absolute atomic E-state index is 13.7. The summed E-state index contributed by atoms with van der Waals surface area (Å²) in [7, 11) is 0. The van der Waals surface area contributed by atoms with Gasteiger partial charge in [-0.05, 0) is 13.0 Å². The number of benzene rings is 1. The topological polar surface area (TPSA) is 41.4 Å². The summed E-state index contributed by atoms with van der Waals surface area (Å²) in [4.78, 5) is 16.4. The third-order valence-corrected chi connectivity index (χ3v) is 4.89. The van der Waals surface area contributed by atoms with Crippen molar-refractivity contribution in [2.45, 2.75) is 26.4 Å². The van der Waals surface area contributed by atoms with E-state index in [9.17, 15) is 9.18 Å². The number of nitrogens with zero attached hydrogens (tertiary/aromatic N) is 4. The standard InChI is InChI=1S/C18H22ClFN4O/c1-14-16(19)13-24(21-14)7-6-18(25)23-10-8-22(9-11-23)12-15-4-2-3-5-17(15)20/h2-5,13H,6-12H2,1H3. The van der Waals surface area contributed by atoms with Gasteiger partial charge in [0.2, 0.25) is 5.91 Å². The van der Waals surface area contributed by atoms with Crippen molar-refractivity contribution in [3.63, 3.8) is 0 Å². The van der Waals surface area contributed by atoms with Crippen LogP contribution < -0.4 is 0 Å². The molecule has 2 heterocycles. The Bertz CT molecular complexity index is 721. The molecule has 0 N–H and O–H groups in total. The van der Waals surface area contributed by atoms with Gasteiger partial charge in [-0.25, -0.2) is 4.39 Å². The number of halogens is 2. The van der Waals surface area contributed by atoms with Crippen LogP contribution in [0.3, 0.4) is 0 Å². The molecule has 0 unspecified atom stereocenters. The molecule has 1 amide bonds. The maximum atomic E-state index is 13.7. The molecule has 0 radical (unpaired) electrons. The molecule has 3 rings (SSSR count). The van der Waals surface area contributed by atoms with Crippen molar-refractivity contribution in [1.82, 2.24) is 19.6 Å². The number of aromatic nitrogens is 2. The van der Waals surface area contributed by atoms with Gasteiger partial charge < -0.3 is 4.90 Å². The summed E-state index contributed by atoms with van der Waals surface area (Å²) in [5.41, 5.74) is 1.48. The van der Waals surface area contributed by atoms with Gasteiger partial charge in [0, 0.05) is 57.4 Å². The van der Waals surface area contributed by atoms with Crippen LogP contribution in [-0.2, 0) is 17.9 Å². The molecule has 1 fully saturated rings. The molecule has 25 heavy (non-hydrogen) atoms. The summed E-state index contributed by atoms with van der Waals surface area (Å²) in [5.74, 6) is -0.0519. The van der Waals surface area contributed by atoms with E-state index in [1.807, 2.05) is 24.0 Å². The van der Waals surface area contributed by atoms with Crippen LogP contribution in [0.1, 0.15) is 17.7 Å². The smallest absolute Gasteiger partial charge is 0.224 e. The number of piperazine rings is 1.